The highest BCUT2D eigenvalue weighted by atomic mass is 79.9. The Morgan fingerprint density at radius 2 is 2.12 bits per heavy atom. The Hall–Kier alpha value is -0.870. The van der Waals surface area contributed by atoms with E-state index in [0.717, 1.165) is 15.6 Å². The summed E-state index contributed by atoms with van der Waals surface area (Å²) in [5, 5.41) is 18.7. The van der Waals surface area contributed by atoms with Crippen LogP contribution in [0.2, 0.25) is 0 Å². The Morgan fingerprint density at radius 1 is 1.50 bits per heavy atom. The van der Waals surface area contributed by atoms with Crippen molar-refractivity contribution in [3.8, 4) is 0 Å². The third kappa shape index (κ3) is 1.57. The summed E-state index contributed by atoms with van der Waals surface area (Å²) < 4.78 is 0.909. The highest BCUT2D eigenvalue weighted by molar-refractivity contribution is 9.10. The molecule has 0 radical (unpaired) electrons. The van der Waals surface area contributed by atoms with Gasteiger partial charge in [-0.2, -0.15) is 0 Å². The Balaban J connectivity index is 2.49. The first kappa shape index (κ1) is 11.6. The van der Waals surface area contributed by atoms with Crippen molar-refractivity contribution >= 4 is 21.9 Å². The van der Waals surface area contributed by atoms with Gasteiger partial charge in [-0.25, -0.2) is 0 Å². The van der Waals surface area contributed by atoms with E-state index in [9.17, 15) is 15.0 Å². The minimum absolute atomic E-state index is 0.305. The molecule has 0 atom stereocenters. The molecule has 0 heterocycles. The molecule has 2 N–H and O–H groups in total. The van der Waals surface area contributed by atoms with Gasteiger partial charge in [-0.3, -0.25) is 4.79 Å². The molecule has 1 aliphatic carbocycles. The van der Waals surface area contributed by atoms with Crippen molar-refractivity contribution in [2.75, 3.05) is 0 Å². The molecule has 1 aromatic rings. The SMILES string of the molecule is Cc1c(Br)cccc1C1(C(=O)O)CC(O)C1. The summed E-state index contributed by atoms with van der Waals surface area (Å²) in [6, 6.07) is 5.56. The first-order valence-electron chi connectivity index (χ1n) is 5.14. The first-order valence-corrected chi connectivity index (χ1v) is 5.94. The average Bonchev–Trinajstić information content (AvgIpc) is 2.17. The predicted molar refractivity (Wildman–Crippen MR) is 63.4 cm³/mol. The van der Waals surface area contributed by atoms with E-state index in [0.29, 0.717) is 12.8 Å². The van der Waals surface area contributed by atoms with Gasteiger partial charge >= 0.3 is 5.97 Å². The Bertz CT molecular complexity index is 436. The number of hydrogen-bond donors (Lipinski definition) is 2. The van der Waals surface area contributed by atoms with Crippen LogP contribution < -0.4 is 0 Å². The van der Waals surface area contributed by atoms with Crippen LogP contribution in [0.3, 0.4) is 0 Å². The van der Waals surface area contributed by atoms with E-state index in [1.54, 1.807) is 0 Å². The van der Waals surface area contributed by atoms with Gasteiger partial charge in [0.05, 0.1) is 11.5 Å². The van der Waals surface area contributed by atoms with Crippen LogP contribution in [0.5, 0.6) is 0 Å². The lowest BCUT2D eigenvalue weighted by Gasteiger charge is -2.43. The summed E-state index contributed by atoms with van der Waals surface area (Å²) in [5.74, 6) is -0.848. The fourth-order valence-corrected chi connectivity index (χ4v) is 2.75. The number of benzene rings is 1. The second-order valence-electron chi connectivity index (χ2n) is 4.36. The van der Waals surface area contributed by atoms with Crippen molar-refractivity contribution in [3.63, 3.8) is 0 Å². The van der Waals surface area contributed by atoms with E-state index in [-0.39, 0.29) is 0 Å². The van der Waals surface area contributed by atoms with Gasteiger partial charge in [-0.05, 0) is 37.0 Å². The molecule has 16 heavy (non-hydrogen) atoms. The molecular weight excluding hydrogens is 272 g/mol. The van der Waals surface area contributed by atoms with Crippen molar-refractivity contribution in [1.82, 2.24) is 0 Å². The number of aliphatic carboxylic acids is 1. The lowest BCUT2D eigenvalue weighted by molar-refractivity contribution is -0.153. The summed E-state index contributed by atoms with van der Waals surface area (Å²) in [6.07, 6.45) is 0.119. The van der Waals surface area contributed by atoms with Crippen LogP contribution in [0, 0.1) is 6.92 Å². The zero-order valence-corrected chi connectivity index (χ0v) is 10.5. The van der Waals surface area contributed by atoms with Crippen molar-refractivity contribution in [3.05, 3.63) is 33.8 Å². The molecule has 1 aliphatic rings. The molecule has 1 saturated carbocycles. The molecule has 86 valence electrons. The maximum atomic E-state index is 11.4. The van der Waals surface area contributed by atoms with Gasteiger partial charge in [-0.15, -0.1) is 0 Å². The summed E-state index contributed by atoms with van der Waals surface area (Å²) in [4.78, 5) is 11.4. The van der Waals surface area contributed by atoms with E-state index >= 15 is 0 Å². The highest BCUT2D eigenvalue weighted by Crippen LogP contribution is 2.46. The van der Waals surface area contributed by atoms with E-state index in [4.69, 9.17) is 0 Å². The van der Waals surface area contributed by atoms with Gasteiger partial charge in [0.15, 0.2) is 0 Å². The van der Waals surface area contributed by atoms with Gasteiger partial charge in [0.2, 0.25) is 0 Å². The molecule has 0 unspecified atom stereocenters. The van der Waals surface area contributed by atoms with Crippen molar-refractivity contribution in [2.45, 2.75) is 31.3 Å². The van der Waals surface area contributed by atoms with E-state index in [1.165, 1.54) is 0 Å². The zero-order chi connectivity index (χ0) is 11.9. The lowest BCUT2D eigenvalue weighted by atomic mass is 9.62. The molecule has 2 rings (SSSR count). The molecule has 1 fully saturated rings. The van der Waals surface area contributed by atoms with Crippen LogP contribution >= 0.6 is 15.9 Å². The normalized spacial score (nSPS) is 28.6. The summed E-state index contributed by atoms with van der Waals surface area (Å²) in [5.41, 5.74) is 0.851. The molecular formula is C12H13BrO3. The lowest BCUT2D eigenvalue weighted by Crippen LogP contribution is -2.51. The Kier molecular flexibility index (Phi) is 2.80. The molecule has 0 aliphatic heterocycles. The topological polar surface area (TPSA) is 57.5 Å². The van der Waals surface area contributed by atoms with Crippen LogP contribution in [0.15, 0.2) is 22.7 Å². The second-order valence-corrected chi connectivity index (χ2v) is 5.22. The number of carbonyl (C=O) groups is 1. The van der Waals surface area contributed by atoms with Crippen LogP contribution in [0.25, 0.3) is 0 Å². The number of carboxylic acid groups (broad SMARTS) is 1. The second kappa shape index (κ2) is 3.86. The molecule has 0 saturated heterocycles. The molecule has 4 heteroatoms. The minimum Gasteiger partial charge on any atom is -0.481 e. The maximum Gasteiger partial charge on any atom is 0.314 e. The van der Waals surface area contributed by atoms with Gasteiger partial charge in [-0.1, -0.05) is 28.1 Å². The standard InChI is InChI=1S/C12H13BrO3/c1-7-9(3-2-4-10(7)13)12(11(15)16)5-8(14)6-12/h2-4,8,14H,5-6H2,1H3,(H,15,16). The number of hydrogen-bond acceptors (Lipinski definition) is 2. The Labute approximate surface area is 102 Å². The molecule has 0 spiro atoms. The van der Waals surface area contributed by atoms with E-state index in [1.807, 2.05) is 25.1 Å². The van der Waals surface area contributed by atoms with E-state index < -0.39 is 17.5 Å². The maximum absolute atomic E-state index is 11.4. The van der Waals surface area contributed by atoms with Crippen LogP contribution in [-0.2, 0) is 10.2 Å². The largest absolute Gasteiger partial charge is 0.481 e. The van der Waals surface area contributed by atoms with Gasteiger partial charge in [0.25, 0.3) is 0 Å². The number of aliphatic hydroxyl groups excluding tert-OH is 1. The monoisotopic (exact) mass is 284 g/mol. The number of aliphatic hydroxyl groups is 1. The van der Waals surface area contributed by atoms with Crippen LogP contribution in [0.4, 0.5) is 0 Å². The molecule has 0 aromatic heterocycles. The number of rotatable bonds is 2. The van der Waals surface area contributed by atoms with Gasteiger partial charge < -0.3 is 10.2 Å². The molecule has 1 aromatic carbocycles. The number of halogens is 1. The molecule has 0 amide bonds. The smallest absolute Gasteiger partial charge is 0.314 e. The van der Waals surface area contributed by atoms with Crippen LogP contribution in [-0.4, -0.2) is 22.3 Å². The fraction of sp³-hybridized carbons (Fsp3) is 0.417. The minimum atomic E-state index is -0.896. The zero-order valence-electron chi connectivity index (χ0n) is 8.90. The molecule has 0 bridgehead atoms. The predicted octanol–water partition coefficient (Wildman–Crippen LogP) is 2.23. The third-order valence-electron chi connectivity index (χ3n) is 3.36. The molecule has 3 nitrogen and oxygen atoms in total. The first-order chi connectivity index (χ1) is 7.47. The third-order valence-corrected chi connectivity index (χ3v) is 4.22. The van der Waals surface area contributed by atoms with Crippen molar-refractivity contribution < 1.29 is 15.0 Å². The van der Waals surface area contributed by atoms with Crippen molar-refractivity contribution in [2.24, 2.45) is 0 Å². The van der Waals surface area contributed by atoms with Gasteiger partial charge in [0.1, 0.15) is 0 Å². The highest BCUT2D eigenvalue weighted by Gasteiger charge is 2.52. The number of carboxylic acids is 1. The van der Waals surface area contributed by atoms with Crippen molar-refractivity contribution in [1.29, 1.82) is 0 Å². The fourth-order valence-electron chi connectivity index (χ4n) is 2.38. The average molecular weight is 285 g/mol. The Morgan fingerprint density at radius 3 is 2.62 bits per heavy atom. The summed E-state index contributed by atoms with van der Waals surface area (Å²) >= 11 is 3.40. The summed E-state index contributed by atoms with van der Waals surface area (Å²) in [6.45, 7) is 1.90. The van der Waals surface area contributed by atoms with Gasteiger partial charge in [0, 0.05) is 4.47 Å². The quantitative estimate of drug-likeness (QED) is 0.876. The summed E-state index contributed by atoms with van der Waals surface area (Å²) in [7, 11) is 0. The van der Waals surface area contributed by atoms with Crippen LogP contribution in [0.1, 0.15) is 24.0 Å². The van der Waals surface area contributed by atoms with E-state index in [2.05, 4.69) is 15.9 Å².